The summed E-state index contributed by atoms with van der Waals surface area (Å²) in [4.78, 5) is 35.9. The summed E-state index contributed by atoms with van der Waals surface area (Å²) in [5, 5.41) is 11.8. The lowest BCUT2D eigenvalue weighted by Gasteiger charge is -2.14. The van der Waals surface area contributed by atoms with Gasteiger partial charge in [0.1, 0.15) is 5.75 Å². The van der Waals surface area contributed by atoms with Gasteiger partial charge in [0, 0.05) is 12.2 Å². The number of rotatable bonds is 7. The molecule has 0 atom stereocenters. The smallest absolute Gasteiger partial charge is 0.318 e. The first-order valence-corrected chi connectivity index (χ1v) is 11.1. The Morgan fingerprint density at radius 1 is 1.18 bits per heavy atom. The first-order chi connectivity index (χ1) is 15.9. The van der Waals surface area contributed by atoms with E-state index < -0.39 is 11.9 Å². The van der Waals surface area contributed by atoms with Crippen LogP contribution in [0.5, 0.6) is 5.75 Å². The van der Waals surface area contributed by atoms with Gasteiger partial charge in [-0.1, -0.05) is 30.0 Å². The molecule has 10 nitrogen and oxygen atoms in total. The highest BCUT2D eigenvalue weighted by Crippen LogP contribution is 2.28. The normalized spacial score (nSPS) is 11.1. The molecule has 2 heterocycles. The molecule has 2 aromatic heterocycles. The quantitative estimate of drug-likeness (QED) is 0.316. The van der Waals surface area contributed by atoms with Crippen molar-refractivity contribution in [1.82, 2.24) is 24.5 Å². The fourth-order valence-corrected chi connectivity index (χ4v) is 4.44. The van der Waals surface area contributed by atoms with E-state index in [1.165, 1.54) is 16.3 Å². The van der Waals surface area contributed by atoms with Gasteiger partial charge in [-0.25, -0.2) is 9.36 Å². The molecular weight excluding hydrogens is 444 g/mol. The summed E-state index contributed by atoms with van der Waals surface area (Å²) in [5.74, 6) is 1.02. The van der Waals surface area contributed by atoms with Crippen LogP contribution in [0.3, 0.4) is 0 Å². The number of carbonyl (C=O) groups excluding carboxylic acids is 2. The molecule has 0 bridgehead atoms. The van der Waals surface area contributed by atoms with Gasteiger partial charge >= 0.3 is 6.03 Å². The Morgan fingerprint density at radius 2 is 1.97 bits per heavy atom. The molecule has 4 rings (SSSR count). The van der Waals surface area contributed by atoms with Crippen molar-refractivity contribution in [3.05, 3.63) is 58.4 Å². The van der Waals surface area contributed by atoms with Gasteiger partial charge in [-0.2, -0.15) is 0 Å². The van der Waals surface area contributed by atoms with Crippen LogP contribution in [0.1, 0.15) is 18.4 Å². The van der Waals surface area contributed by atoms with Crippen molar-refractivity contribution in [2.24, 2.45) is 5.73 Å². The molecular formula is C22H22N6O4S. The number of methoxy groups -OCH3 is 1. The summed E-state index contributed by atoms with van der Waals surface area (Å²) in [6, 6.07) is 12.0. The Balaban J connectivity index is 1.78. The molecule has 0 radical (unpaired) electrons. The lowest BCUT2D eigenvalue weighted by atomic mass is 10.2. The maximum atomic E-state index is 13.5. The largest absolute Gasteiger partial charge is 0.495 e. The Morgan fingerprint density at radius 3 is 2.73 bits per heavy atom. The van der Waals surface area contributed by atoms with Crippen LogP contribution in [0.25, 0.3) is 22.4 Å². The molecule has 3 N–H and O–H groups in total. The van der Waals surface area contributed by atoms with Crippen LogP contribution in [0.2, 0.25) is 0 Å². The van der Waals surface area contributed by atoms with Gasteiger partial charge in [0.05, 0.1) is 23.7 Å². The van der Waals surface area contributed by atoms with E-state index in [0.29, 0.717) is 45.4 Å². The van der Waals surface area contributed by atoms with Crippen molar-refractivity contribution in [1.29, 1.82) is 0 Å². The van der Waals surface area contributed by atoms with Crippen molar-refractivity contribution >= 4 is 40.4 Å². The molecule has 2 aromatic carbocycles. The van der Waals surface area contributed by atoms with E-state index in [4.69, 9.17) is 10.5 Å². The number of aromatic nitrogens is 4. The second-order valence-electron chi connectivity index (χ2n) is 7.32. The number of nitrogens with one attached hydrogen (secondary N) is 1. The number of fused-ring (bicyclic) bond motifs is 3. The molecule has 0 saturated carbocycles. The van der Waals surface area contributed by atoms with Gasteiger partial charge in [-0.15, -0.1) is 10.2 Å². The predicted molar refractivity (Wildman–Crippen MR) is 125 cm³/mol. The fourth-order valence-electron chi connectivity index (χ4n) is 3.56. The monoisotopic (exact) mass is 466 g/mol. The number of amides is 3. The van der Waals surface area contributed by atoms with E-state index >= 15 is 0 Å². The third kappa shape index (κ3) is 4.40. The highest BCUT2D eigenvalue weighted by atomic mass is 32.2. The molecule has 0 aliphatic carbocycles. The fraction of sp³-hybridized carbons (Fsp3) is 0.227. The number of imide groups is 1. The summed E-state index contributed by atoms with van der Waals surface area (Å²) in [6.45, 7) is 1.94. The van der Waals surface area contributed by atoms with E-state index in [9.17, 15) is 14.4 Å². The van der Waals surface area contributed by atoms with Crippen molar-refractivity contribution in [3.8, 4) is 11.4 Å². The average Bonchev–Trinajstić information content (AvgIpc) is 3.20. The molecule has 0 unspecified atom stereocenters. The molecule has 3 amide bonds. The van der Waals surface area contributed by atoms with Gasteiger partial charge in [-0.3, -0.25) is 19.3 Å². The number of aryl methyl sites for hydroxylation is 1. The van der Waals surface area contributed by atoms with E-state index in [0.717, 1.165) is 5.56 Å². The molecule has 11 heteroatoms. The van der Waals surface area contributed by atoms with E-state index in [1.54, 1.807) is 13.2 Å². The first-order valence-electron chi connectivity index (χ1n) is 10.2. The highest BCUT2D eigenvalue weighted by Gasteiger charge is 2.20. The van der Waals surface area contributed by atoms with Gasteiger partial charge in [0.25, 0.3) is 5.56 Å². The molecule has 4 aromatic rings. The number of nitrogens with two attached hydrogens (primary N) is 1. The van der Waals surface area contributed by atoms with Crippen molar-refractivity contribution < 1.29 is 14.3 Å². The van der Waals surface area contributed by atoms with Crippen LogP contribution in [-0.4, -0.2) is 44.0 Å². The number of para-hydroxylation sites is 1. The number of carbonyl (C=O) groups is 2. The number of primary amides is 1. The van der Waals surface area contributed by atoms with Gasteiger partial charge < -0.3 is 10.5 Å². The van der Waals surface area contributed by atoms with E-state index in [-0.39, 0.29) is 12.0 Å². The minimum Gasteiger partial charge on any atom is -0.495 e. The minimum atomic E-state index is -0.868. The molecule has 0 saturated heterocycles. The van der Waals surface area contributed by atoms with Gasteiger partial charge in [0.15, 0.2) is 5.16 Å². The zero-order valence-corrected chi connectivity index (χ0v) is 18.9. The van der Waals surface area contributed by atoms with Crippen LogP contribution in [0, 0.1) is 6.92 Å². The lowest BCUT2D eigenvalue weighted by molar-refractivity contribution is -0.119. The van der Waals surface area contributed by atoms with Crippen LogP contribution >= 0.6 is 11.8 Å². The second-order valence-corrected chi connectivity index (χ2v) is 8.38. The van der Waals surface area contributed by atoms with Gasteiger partial charge in [0.2, 0.25) is 11.7 Å². The molecule has 33 heavy (non-hydrogen) atoms. The van der Waals surface area contributed by atoms with Gasteiger partial charge in [-0.05, 0) is 43.2 Å². The third-order valence-corrected chi connectivity index (χ3v) is 6.03. The number of ether oxygens (including phenoxy) is 1. The maximum Gasteiger partial charge on any atom is 0.318 e. The number of benzene rings is 2. The van der Waals surface area contributed by atoms with Crippen LogP contribution in [0.15, 0.2) is 52.4 Å². The topological polar surface area (TPSA) is 134 Å². The second kappa shape index (κ2) is 9.33. The number of thioether (sulfide) groups is 1. The molecule has 0 fully saturated rings. The van der Waals surface area contributed by atoms with Crippen molar-refractivity contribution in [3.63, 3.8) is 0 Å². The summed E-state index contributed by atoms with van der Waals surface area (Å²) < 4.78 is 8.85. The molecule has 0 spiro atoms. The number of hydrogen-bond acceptors (Lipinski definition) is 7. The highest BCUT2D eigenvalue weighted by molar-refractivity contribution is 7.99. The van der Waals surface area contributed by atoms with Crippen LogP contribution < -0.4 is 21.3 Å². The standard InChI is InChI=1S/C22H22N6O4S/c1-13-9-10-17(32-2)16(12-13)27-19(30)14-6-3-4-7-15(14)28-21(27)25-26-22(28)33-11-5-8-18(29)24-20(23)31/h3-4,6-7,9-10,12H,5,8,11H2,1-2H3,(H3,23,24,29,31). The Bertz CT molecular complexity index is 1430. The Kier molecular flexibility index (Phi) is 6.31. The maximum absolute atomic E-state index is 13.5. The summed E-state index contributed by atoms with van der Waals surface area (Å²) >= 11 is 1.40. The zero-order chi connectivity index (χ0) is 23.5. The lowest BCUT2D eigenvalue weighted by Crippen LogP contribution is -2.34. The van der Waals surface area contributed by atoms with E-state index in [2.05, 4.69) is 10.2 Å². The summed E-state index contributed by atoms with van der Waals surface area (Å²) in [7, 11) is 1.55. The van der Waals surface area contributed by atoms with E-state index in [1.807, 2.05) is 53.0 Å². The van der Waals surface area contributed by atoms with Crippen molar-refractivity contribution in [2.45, 2.75) is 24.9 Å². The SMILES string of the molecule is COc1ccc(C)cc1-n1c(=O)c2ccccc2n2c(SCCCC(=O)NC(N)=O)nnc12. The minimum absolute atomic E-state index is 0.151. The molecule has 0 aliphatic heterocycles. The molecule has 170 valence electrons. The van der Waals surface area contributed by atoms with Crippen LogP contribution in [-0.2, 0) is 4.79 Å². The van der Waals surface area contributed by atoms with Crippen molar-refractivity contribution in [2.75, 3.05) is 12.9 Å². The Labute approximate surface area is 192 Å². The summed E-state index contributed by atoms with van der Waals surface area (Å²) in [5.41, 5.74) is 6.95. The number of urea groups is 1. The number of nitrogens with zero attached hydrogens (tertiary/aromatic N) is 4. The zero-order valence-electron chi connectivity index (χ0n) is 18.1. The van der Waals surface area contributed by atoms with Crippen LogP contribution in [0.4, 0.5) is 4.79 Å². The summed E-state index contributed by atoms with van der Waals surface area (Å²) in [6.07, 6.45) is 0.653. The molecule has 0 aliphatic rings. The third-order valence-electron chi connectivity index (χ3n) is 5.01. The first kappa shape index (κ1) is 22.3. The predicted octanol–water partition coefficient (Wildman–Crippen LogP) is 2.42. The average molecular weight is 467 g/mol. The number of hydrogen-bond donors (Lipinski definition) is 2. The Hall–Kier alpha value is -3.86.